The van der Waals surface area contributed by atoms with Crippen LogP contribution < -0.4 is 0 Å². The molecular formula is C17H20F2O3. The maximum absolute atomic E-state index is 13.9. The fourth-order valence-corrected chi connectivity index (χ4v) is 2.59. The third-order valence-corrected chi connectivity index (χ3v) is 3.88. The molecule has 0 radical (unpaired) electrons. The van der Waals surface area contributed by atoms with Crippen molar-refractivity contribution in [2.75, 3.05) is 13.9 Å². The van der Waals surface area contributed by atoms with E-state index in [2.05, 4.69) is 0 Å². The van der Waals surface area contributed by atoms with Crippen molar-refractivity contribution in [1.29, 1.82) is 0 Å². The largest absolute Gasteiger partial charge is 0.471 e. The van der Waals surface area contributed by atoms with Crippen molar-refractivity contribution in [3.63, 3.8) is 0 Å². The van der Waals surface area contributed by atoms with Gasteiger partial charge in [0, 0.05) is 25.5 Å². The Morgan fingerprint density at radius 2 is 2.05 bits per heavy atom. The van der Waals surface area contributed by atoms with Crippen LogP contribution in [0.1, 0.15) is 30.4 Å². The lowest BCUT2D eigenvalue weighted by Gasteiger charge is -2.23. The molecule has 3 nitrogen and oxygen atoms in total. The summed E-state index contributed by atoms with van der Waals surface area (Å²) in [7, 11) is 1.50. The Labute approximate surface area is 128 Å². The van der Waals surface area contributed by atoms with E-state index in [1.165, 1.54) is 32.2 Å². The zero-order chi connectivity index (χ0) is 16.1. The van der Waals surface area contributed by atoms with Gasteiger partial charge in [0.1, 0.15) is 17.4 Å². The van der Waals surface area contributed by atoms with E-state index in [1.54, 1.807) is 0 Å². The summed E-state index contributed by atoms with van der Waals surface area (Å²) in [5.41, 5.74) is 0.652. The summed E-state index contributed by atoms with van der Waals surface area (Å²) in [5.74, 6) is -0.173. The van der Waals surface area contributed by atoms with Gasteiger partial charge in [0.15, 0.2) is 12.6 Å². The molecule has 0 N–H and O–H groups in total. The number of methoxy groups -OCH3 is 1. The quantitative estimate of drug-likeness (QED) is 0.752. The first kappa shape index (κ1) is 16.6. The van der Waals surface area contributed by atoms with Crippen LogP contribution in [-0.2, 0) is 20.7 Å². The van der Waals surface area contributed by atoms with E-state index in [1.807, 2.05) is 0 Å². The van der Waals surface area contributed by atoms with Gasteiger partial charge >= 0.3 is 0 Å². The molecule has 1 aromatic rings. The first-order chi connectivity index (χ1) is 10.5. The van der Waals surface area contributed by atoms with E-state index in [9.17, 15) is 13.6 Å². The van der Waals surface area contributed by atoms with Crippen LogP contribution in [0.4, 0.5) is 8.78 Å². The van der Waals surface area contributed by atoms with Crippen LogP contribution in [0, 0.1) is 24.5 Å². The van der Waals surface area contributed by atoms with Gasteiger partial charge < -0.3 is 9.47 Å². The monoisotopic (exact) mass is 310 g/mol. The Hall–Kier alpha value is -1.75. The number of benzene rings is 1. The van der Waals surface area contributed by atoms with E-state index >= 15 is 0 Å². The summed E-state index contributed by atoms with van der Waals surface area (Å²) in [6.07, 6.45) is 3.59. The molecule has 2 rings (SSSR count). The number of ether oxygens (including phenoxy) is 2. The summed E-state index contributed by atoms with van der Waals surface area (Å²) in [6.45, 7) is 1.61. The number of allylic oxidation sites excluding steroid dienone is 2. The minimum Gasteiger partial charge on any atom is -0.471 e. The van der Waals surface area contributed by atoms with Gasteiger partial charge in [-0.15, -0.1) is 0 Å². The van der Waals surface area contributed by atoms with Crippen molar-refractivity contribution in [2.24, 2.45) is 5.92 Å². The number of ketones is 1. The van der Waals surface area contributed by atoms with Crippen LogP contribution in [0.3, 0.4) is 0 Å². The van der Waals surface area contributed by atoms with E-state index in [4.69, 9.17) is 9.47 Å². The first-order valence-electron chi connectivity index (χ1n) is 7.32. The zero-order valence-corrected chi connectivity index (χ0v) is 12.8. The second-order valence-corrected chi connectivity index (χ2v) is 5.53. The highest BCUT2D eigenvalue weighted by atomic mass is 19.1. The van der Waals surface area contributed by atoms with Crippen molar-refractivity contribution in [2.45, 2.75) is 32.6 Å². The minimum atomic E-state index is -0.401. The zero-order valence-electron chi connectivity index (χ0n) is 12.8. The molecule has 1 atom stereocenters. The molecule has 22 heavy (non-hydrogen) atoms. The molecule has 0 bridgehead atoms. The Bertz CT molecular complexity index is 582. The topological polar surface area (TPSA) is 35.5 Å². The highest BCUT2D eigenvalue weighted by molar-refractivity contribution is 5.90. The number of carbonyl (C=O) groups excluding carboxylic acids is 1. The third-order valence-electron chi connectivity index (χ3n) is 3.88. The van der Waals surface area contributed by atoms with Crippen LogP contribution in [0.5, 0.6) is 0 Å². The Morgan fingerprint density at radius 3 is 2.77 bits per heavy atom. The normalized spacial score (nSPS) is 18.3. The number of aryl methyl sites for hydroxylation is 2. The van der Waals surface area contributed by atoms with E-state index in [0.29, 0.717) is 42.6 Å². The Morgan fingerprint density at radius 1 is 1.27 bits per heavy atom. The summed E-state index contributed by atoms with van der Waals surface area (Å²) in [4.78, 5) is 11.5. The molecule has 0 spiro atoms. The molecule has 120 valence electrons. The molecule has 0 aliphatic heterocycles. The molecule has 0 saturated carbocycles. The Kier molecular flexibility index (Phi) is 5.66. The molecule has 5 heteroatoms. The van der Waals surface area contributed by atoms with Gasteiger partial charge in [-0.05, 0) is 49.4 Å². The van der Waals surface area contributed by atoms with E-state index in [0.717, 1.165) is 0 Å². The molecule has 0 unspecified atom stereocenters. The Balaban J connectivity index is 2.05. The van der Waals surface area contributed by atoms with Gasteiger partial charge in [-0.3, -0.25) is 4.79 Å². The second kappa shape index (κ2) is 7.49. The second-order valence-electron chi connectivity index (χ2n) is 5.53. The van der Waals surface area contributed by atoms with Gasteiger partial charge in [0.2, 0.25) is 0 Å². The summed E-state index contributed by atoms with van der Waals surface area (Å²) in [6, 6.07) is 2.46. The van der Waals surface area contributed by atoms with Crippen molar-refractivity contribution in [3.05, 3.63) is 46.7 Å². The van der Waals surface area contributed by atoms with Gasteiger partial charge in [0.05, 0.1) is 0 Å². The van der Waals surface area contributed by atoms with E-state index < -0.39 is 11.6 Å². The van der Waals surface area contributed by atoms with Crippen LogP contribution in [-0.4, -0.2) is 19.7 Å². The number of carbonyl (C=O) groups is 1. The van der Waals surface area contributed by atoms with Crippen LogP contribution >= 0.6 is 0 Å². The SMILES string of the molecule is COCOC1=CC(=O)CC[C@H]1CCc1cc(F)c(C)cc1F. The fraction of sp³-hybridized carbons (Fsp3) is 0.471. The smallest absolute Gasteiger partial charge is 0.188 e. The lowest BCUT2D eigenvalue weighted by molar-refractivity contribution is -0.116. The predicted octanol–water partition coefficient (Wildman–Crippen LogP) is 3.69. The van der Waals surface area contributed by atoms with Crippen molar-refractivity contribution < 1.29 is 23.0 Å². The minimum absolute atomic E-state index is 0.0231. The van der Waals surface area contributed by atoms with E-state index in [-0.39, 0.29) is 18.5 Å². The lowest BCUT2D eigenvalue weighted by atomic mass is 9.88. The summed E-state index contributed by atoms with van der Waals surface area (Å²) >= 11 is 0. The molecule has 1 aliphatic carbocycles. The summed E-state index contributed by atoms with van der Waals surface area (Å²) in [5, 5.41) is 0. The number of rotatable bonds is 6. The van der Waals surface area contributed by atoms with Gasteiger partial charge in [-0.1, -0.05) is 0 Å². The van der Waals surface area contributed by atoms with Gasteiger partial charge in [0.25, 0.3) is 0 Å². The average Bonchev–Trinajstić information content (AvgIpc) is 2.48. The average molecular weight is 310 g/mol. The fourth-order valence-electron chi connectivity index (χ4n) is 2.59. The van der Waals surface area contributed by atoms with Crippen molar-refractivity contribution in [3.8, 4) is 0 Å². The molecule has 1 aromatic carbocycles. The van der Waals surface area contributed by atoms with Crippen LogP contribution in [0.25, 0.3) is 0 Å². The van der Waals surface area contributed by atoms with Crippen LogP contribution in [0.15, 0.2) is 24.0 Å². The van der Waals surface area contributed by atoms with Gasteiger partial charge in [-0.2, -0.15) is 0 Å². The maximum atomic E-state index is 13.9. The maximum Gasteiger partial charge on any atom is 0.188 e. The number of halogens is 2. The molecule has 0 saturated heterocycles. The molecule has 0 amide bonds. The number of hydrogen-bond acceptors (Lipinski definition) is 3. The summed E-state index contributed by atoms with van der Waals surface area (Å²) < 4.78 is 37.7. The third kappa shape index (κ3) is 4.13. The molecule has 0 fully saturated rings. The highest BCUT2D eigenvalue weighted by Crippen LogP contribution is 2.29. The standard InChI is InChI=1S/C17H20F2O3/c1-11-7-16(19)13(8-15(11)18)4-3-12-5-6-14(20)9-17(12)22-10-21-2/h7-9,12H,3-6,10H2,1-2H3/t12-/m1/s1. The first-order valence-corrected chi connectivity index (χ1v) is 7.32. The predicted molar refractivity (Wildman–Crippen MR) is 78.2 cm³/mol. The molecule has 0 heterocycles. The number of hydrogen-bond donors (Lipinski definition) is 0. The van der Waals surface area contributed by atoms with Crippen LogP contribution in [0.2, 0.25) is 0 Å². The molecular weight excluding hydrogens is 290 g/mol. The van der Waals surface area contributed by atoms with Crippen molar-refractivity contribution >= 4 is 5.78 Å². The highest BCUT2D eigenvalue weighted by Gasteiger charge is 2.23. The van der Waals surface area contributed by atoms with Crippen molar-refractivity contribution in [1.82, 2.24) is 0 Å². The van der Waals surface area contributed by atoms with Gasteiger partial charge in [-0.25, -0.2) is 8.78 Å². The lowest BCUT2D eigenvalue weighted by Crippen LogP contribution is -2.18. The molecule has 1 aliphatic rings. The molecule has 0 aromatic heterocycles.